The molecular formula is C11H8BrClN2O2. The van der Waals surface area contributed by atoms with Crippen molar-refractivity contribution >= 4 is 27.5 Å². The summed E-state index contributed by atoms with van der Waals surface area (Å²) in [5.74, 6) is 0.258. The van der Waals surface area contributed by atoms with Crippen molar-refractivity contribution in [2.24, 2.45) is 0 Å². The maximum atomic E-state index is 11.3. The monoisotopic (exact) mass is 314 g/mol. The fraction of sp³-hybridized carbons (Fsp3) is 0.0909. The molecule has 0 aliphatic rings. The molecule has 0 amide bonds. The van der Waals surface area contributed by atoms with Gasteiger partial charge in [-0.15, -0.1) is 0 Å². The third kappa shape index (κ3) is 3.08. The van der Waals surface area contributed by atoms with E-state index in [2.05, 4.69) is 25.9 Å². The molecule has 6 heteroatoms. The minimum Gasteiger partial charge on any atom is -0.472 e. The Morgan fingerprint density at radius 3 is 3.06 bits per heavy atom. The number of halogens is 2. The summed E-state index contributed by atoms with van der Waals surface area (Å²) in [5.41, 5.74) is 0.632. The second-order valence-electron chi connectivity index (χ2n) is 3.27. The molecule has 88 valence electrons. The second-order valence-corrected chi connectivity index (χ2v) is 4.50. The lowest BCUT2D eigenvalue weighted by Gasteiger charge is -2.06. The van der Waals surface area contributed by atoms with Crippen LogP contribution in [0.5, 0.6) is 5.88 Å². The van der Waals surface area contributed by atoms with Gasteiger partial charge in [0.05, 0.1) is 6.33 Å². The maximum Gasteiger partial charge on any atom is 0.268 e. The van der Waals surface area contributed by atoms with Crippen LogP contribution in [0.4, 0.5) is 0 Å². The topological polar surface area (TPSA) is 55.0 Å². The van der Waals surface area contributed by atoms with E-state index in [1.165, 1.54) is 6.33 Å². The third-order valence-corrected chi connectivity index (χ3v) is 2.96. The van der Waals surface area contributed by atoms with Crippen molar-refractivity contribution in [3.8, 4) is 5.88 Å². The zero-order valence-corrected chi connectivity index (χ0v) is 11.0. The molecule has 0 atom stereocenters. The molecule has 0 aliphatic heterocycles. The molecule has 1 aromatic heterocycles. The molecule has 17 heavy (non-hydrogen) atoms. The van der Waals surface area contributed by atoms with E-state index in [-0.39, 0.29) is 15.9 Å². The van der Waals surface area contributed by atoms with Gasteiger partial charge in [0, 0.05) is 5.02 Å². The fourth-order valence-electron chi connectivity index (χ4n) is 1.25. The first kappa shape index (κ1) is 12.1. The smallest absolute Gasteiger partial charge is 0.268 e. The summed E-state index contributed by atoms with van der Waals surface area (Å²) < 4.78 is 5.70. The van der Waals surface area contributed by atoms with Crippen molar-refractivity contribution in [3.63, 3.8) is 0 Å². The van der Waals surface area contributed by atoms with Crippen LogP contribution in [0, 0.1) is 0 Å². The lowest BCUT2D eigenvalue weighted by molar-refractivity contribution is 0.290. The van der Waals surface area contributed by atoms with Gasteiger partial charge in [-0.05, 0) is 33.6 Å². The average Bonchev–Trinajstić information content (AvgIpc) is 2.31. The second kappa shape index (κ2) is 5.33. The van der Waals surface area contributed by atoms with Gasteiger partial charge in [-0.3, -0.25) is 4.79 Å². The largest absolute Gasteiger partial charge is 0.472 e. The molecule has 0 spiro atoms. The molecule has 0 bridgehead atoms. The Morgan fingerprint density at radius 2 is 2.29 bits per heavy atom. The Kier molecular flexibility index (Phi) is 3.81. The van der Waals surface area contributed by atoms with Gasteiger partial charge in [-0.25, -0.2) is 4.98 Å². The molecule has 0 saturated heterocycles. The Balaban J connectivity index is 2.13. The Labute approximate surface area is 111 Å². The van der Waals surface area contributed by atoms with Crippen LogP contribution < -0.4 is 10.3 Å². The standard InChI is InChI=1S/C11H8BrClN2O2/c12-9-10(16)14-6-15-11(9)17-5-7-2-1-3-8(13)4-7/h1-4,6H,5H2,(H,14,15,16). The summed E-state index contributed by atoms with van der Waals surface area (Å²) in [5, 5.41) is 0.643. The number of H-pyrrole nitrogens is 1. The normalized spacial score (nSPS) is 10.2. The highest BCUT2D eigenvalue weighted by atomic mass is 79.9. The molecule has 4 nitrogen and oxygen atoms in total. The number of aromatic amines is 1. The average molecular weight is 316 g/mol. The van der Waals surface area contributed by atoms with Crippen molar-refractivity contribution in [2.45, 2.75) is 6.61 Å². The number of benzene rings is 1. The van der Waals surface area contributed by atoms with Crippen LogP contribution in [0.15, 0.2) is 39.9 Å². The van der Waals surface area contributed by atoms with Gasteiger partial charge < -0.3 is 9.72 Å². The van der Waals surface area contributed by atoms with Gasteiger partial charge in [-0.2, -0.15) is 0 Å². The molecule has 1 N–H and O–H groups in total. The number of nitrogens with zero attached hydrogens (tertiary/aromatic N) is 1. The Morgan fingerprint density at radius 1 is 1.47 bits per heavy atom. The molecule has 0 aliphatic carbocycles. The van der Waals surface area contributed by atoms with Crippen molar-refractivity contribution in [2.75, 3.05) is 0 Å². The van der Waals surface area contributed by atoms with Crippen LogP contribution in [0.1, 0.15) is 5.56 Å². The minimum atomic E-state index is -0.277. The highest BCUT2D eigenvalue weighted by Gasteiger charge is 2.06. The van der Waals surface area contributed by atoms with Gasteiger partial charge in [-0.1, -0.05) is 23.7 Å². The van der Waals surface area contributed by atoms with Gasteiger partial charge in [0.1, 0.15) is 11.1 Å². The van der Waals surface area contributed by atoms with E-state index in [0.717, 1.165) is 5.56 Å². The molecule has 2 rings (SSSR count). The summed E-state index contributed by atoms with van der Waals surface area (Å²) in [6, 6.07) is 7.29. The Hall–Kier alpha value is -1.33. The van der Waals surface area contributed by atoms with E-state index in [4.69, 9.17) is 16.3 Å². The van der Waals surface area contributed by atoms with E-state index in [1.54, 1.807) is 12.1 Å². The zero-order chi connectivity index (χ0) is 12.3. The Bertz CT molecular complexity index is 586. The van der Waals surface area contributed by atoms with Gasteiger partial charge in [0.15, 0.2) is 0 Å². The quantitative estimate of drug-likeness (QED) is 0.947. The van der Waals surface area contributed by atoms with E-state index in [0.29, 0.717) is 11.6 Å². The summed E-state index contributed by atoms with van der Waals surface area (Å²) in [4.78, 5) is 17.6. The summed E-state index contributed by atoms with van der Waals surface area (Å²) >= 11 is 8.96. The first-order valence-electron chi connectivity index (χ1n) is 4.77. The maximum absolute atomic E-state index is 11.3. The van der Waals surface area contributed by atoms with Crippen LogP contribution in [-0.2, 0) is 6.61 Å². The molecule has 2 aromatic rings. The fourth-order valence-corrected chi connectivity index (χ4v) is 1.79. The summed E-state index contributed by atoms with van der Waals surface area (Å²) in [6.07, 6.45) is 1.29. The van der Waals surface area contributed by atoms with E-state index < -0.39 is 0 Å². The molecule has 0 unspecified atom stereocenters. The van der Waals surface area contributed by atoms with Crippen molar-refractivity contribution in [1.82, 2.24) is 9.97 Å². The molecule has 0 fully saturated rings. The van der Waals surface area contributed by atoms with Crippen LogP contribution in [-0.4, -0.2) is 9.97 Å². The van der Waals surface area contributed by atoms with Crippen molar-refractivity contribution < 1.29 is 4.74 Å². The van der Waals surface area contributed by atoms with Gasteiger partial charge in [0.25, 0.3) is 5.56 Å². The van der Waals surface area contributed by atoms with Crippen molar-refractivity contribution in [1.29, 1.82) is 0 Å². The van der Waals surface area contributed by atoms with Crippen LogP contribution in [0.2, 0.25) is 5.02 Å². The predicted octanol–water partition coefficient (Wildman–Crippen LogP) is 2.76. The molecule has 0 saturated carbocycles. The number of ether oxygens (including phenoxy) is 1. The van der Waals surface area contributed by atoms with Crippen LogP contribution in [0.25, 0.3) is 0 Å². The van der Waals surface area contributed by atoms with Gasteiger partial charge in [0.2, 0.25) is 5.88 Å². The highest BCUT2D eigenvalue weighted by molar-refractivity contribution is 9.10. The van der Waals surface area contributed by atoms with E-state index in [9.17, 15) is 4.79 Å². The first-order valence-corrected chi connectivity index (χ1v) is 5.94. The highest BCUT2D eigenvalue weighted by Crippen LogP contribution is 2.18. The number of hydrogen-bond acceptors (Lipinski definition) is 3. The number of aromatic nitrogens is 2. The number of rotatable bonds is 3. The van der Waals surface area contributed by atoms with Crippen LogP contribution >= 0.6 is 27.5 Å². The predicted molar refractivity (Wildman–Crippen MR) is 68.3 cm³/mol. The molecule has 1 aromatic carbocycles. The SMILES string of the molecule is O=c1[nH]cnc(OCc2cccc(Cl)c2)c1Br. The molecule has 1 heterocycles. The number of nitrogens with one attached hydrogen (secondary N) is 1. The van der Waals surface area contributed by atoms with E-state index in [1.807, 2.05) is 12.1 Å². The minimum absolute atomic E-state index is 0.258. The van der Waals surface area contributed by atoms with Crippen molar-refractivity contribution in [3.05, 3.63) is 56.0 Å². The summed E-state index contributed by atoms with van der Waals surface area (Å²) in [6.45, 7) is 0.301. The number of hydrogen-bond donors (Lipinski definition) is 1. The van der Waals surface area contributed by atoms with Gasteiger partial charge >= 0.3 is 0 Å². The molecular weight excluding hydrogens is 307 g/mol. The zero-order valence-electron chi connectivity index (χ0n) is 8.61. The third-order valence-electron chi connectivity index (χ3n) is 2.03. The molecule has 0 radical (unpaired) electrons. The van der Waals surface area contributed by atoms with Crippen LogP contribution in [0.3, 0.4) is 0 Å². The first-order chi connectivity index (χ1) is 8.16. The summed E-state index contributed by atoms with van der Waals surface area (Å²) in [7, 11) is 0. The van der Waals surface area contributed by atoms with E-state index >= 15 is 0 Å². The lowest BCUT2D eigenvalue weighted by atomic mass is 10.2. The lowest BCUT2D eigenvalue weighted by Crippen LogP contribution is -2.09.